The topological polar surface area (TPSA) is 37.4 Å². The third-order valence-corrected chi connectivity index (χ3v) is 4.86. The van der Waals surface area contributed by atoms with E-state index in [4.69, 9.17) is 4.74 Å². The van der Waals surface area contributed by atoms with E-state index < -0.39 is 0 Å². The number of aryl methyl sites for hydroxylation is 1. The van der Waals surface area contributed by atoms with Gasteiger partial charge in [-0.15, -0.1) is 11.3 Å². The van der Waals surface area contributed by atoms with Crippen molar-refractivity contribution in [2.45, 2.75) is 39.3 Å². The van der Waals surface area contributed by atoms with Gasteiger partial charge in [0, 0.05) is 36.5 Å². The Morgan fingerprint density at radius 1 is 1.55 bits per heavy atom. The molecule has 2 unspecified atom stereocenters. The van der Waals surface area contributed by atoms with Crippen molar-refractivity contribution in [3.05, 3.63) is 16.1 Å². The highest BCUT2D eigenvalue weighted by molar-refractivity contribution is 7.09. The Bertz CT molecular complexity index is 396. The lowest BCUT2D eigenvalue weighted by molar-refractivity contribution is 0.0190. The highest BCUT2D eigenvalue weighted by atomic mass is 32.1. The Balaban J connectivity index is 1.84. The fourth-order valence-electron chi connectivity index (χ4n) is 2.76. The molecule has 0 aromatic carbocycles. The first kappa shape index (κ1) is 15.9. The summed E-state index contributed by atoms with van der Waals surface area (Å²) in [6.07, 6.45) is 2.33. The number of hydrogen-bond donors (Lipinski definition) is 1. The second-order valence-corrected chi connectivity index (χ2v) is 6.68. The maximum absolute atomic E-state index is 5.68. The lowest BCUT2D eigenvalue weighted by Gasteiger charge is -2.34. The van der Waals surface area contributed by atoms with Crippen LogP contribution in [0.25, 0.3) is 0 Å². The quantitative estimate of drug-likeness (QED) is 0.838. The lowest BCUT2D eigenvalue weighted by Crippen LogP contribution is -2.47. The van der Waals surface area contributed by atoms with Crippen LogP contribution >= 0.6 is 11.3 Å². The van der Waals surface area contributed by atoms with E-state index in [9.17, 15) is 0 Å². The molecule has 0 radical (unpaired) electrons. The predicted octanol–water partition coefficient (Wildman–Crippen LogP) is 2.29. The van der Waals surface area contributed by atoms with E-state index in [0.717, 1.165) is 39.3 Å². The third kappa shape index (κ3) is 4.52. The maximum Gasteiger partial charge on any atom is 0.0798 e. The minimum atomic E-state index is 0.591. The van der Waals surface area contributed by atoms with Gasteiger partial charge in [-0.3, -0.25) is 0 Å². The monoisotopic (exact) mass is 297 g/mol. The zero-order chi connectivity index (χ0) is 14.4. The first-order valence-corrected chi connectivity index (χ1v) is 8.47. The second kappa shape index (κ2) is 8.08. The molecule has 1 aliphatic heterocycles. The average molecular weight is 297 g/mol. The number of aromatic nitrogens is 1. The van der Waals surface area contributed by atoms with Gasteiger partial charge in [0.2, 0.25) is 0 Å². The molecule has 5 heteroatoms. The van der Waals surface area contributed by atoms with Crippen LogP contribution < -0.4 is 5.32 Å². The summed E-state index contributed by atoms with van der Waals surface area (Å²) in [5.41, 5.74) is 3.11. The Hall–Kier alpha value is -0.490. The molecule has 1 aliphatic rings. The van der Waals surface area contributed by atoms with Crippen molar-refractivity contribution in [1.82, 2.24) is 15.2 Å². The van der Waals surface area contributed by atoms with Crippen molar-refractivity contribution in [1.29, 1.82) is 0 Å². The van der Waals surface area contributed by atoms with E-state index in [-0.39, 0.29) is 0 Å². The summed E-state index contributed by atoms with van der Waals surface area (Å²) in [7, 11) is 2.20. The molecule has 4 nitrogen and oxygen atoms in total. The summed E-state index contributed by atoms with van der Waals surface area (Å²) in [5, 5.41) is 3.68. The number of hydrogen-bond acceptors (Lipinski definition) is 5. The lowest BCUT2D eigenvalue weighted by atomic mass is 9.95. The van der Waals surface area contributed by atoms with Gasteiger partial charge in [0.15, 0.2) is 0 Å². The summed E-state index contributed by atoms with van der Waals surface area (Å²) in [4.78, 5) is 8.11. The first-order valence-electron chi connectivity index (χ1n) is 7.59. The summed E-state index contributed by atoms with van der Waals surface area (Å²) in [6.45, 7) is 9.28. The molecule has 1 N–H and O–H groups in total. The van der Waals surface area contributed by atoms with Gasteiger partial charge in [-0.05, 0) is 33.4 Å². The number of thiazole rings is 1. The smallest absolute Gasteiger partial charge is 0.0798 e. The van der Waals surface area contributed by atoms with Crippen LogP contribution in [0, 0.1) is 12.8 Å². The molecule has 1 aromatic heterocycles. The van der Waals surface area contributed by atoms with Gasteiger partial charge in [0.25, 0.3) is 0 Å². The van der Waals surface area contributed by atoms with E-state index >= 15 is 0 Å². The molecule has 114 valence electrons. The Labute approximate surface area is 126 Å². The van der Waals surface area contributed by atoms with Crippen LogP contribution in [0.15, 0.2) is 5.51 Å². The Morgan fingerprint density at radius 3 is 3.10 bits per heavy atom. The fraction of sp³-hybridized carbons (Fsp3) is 0.800. The standard InChI is InChI=1S/C15H27N3OS/c1-4-6-16-14-5-7-19-10-13(14)8-18(3)9-15-12(2)17-11-20-15/h11,13-14,16H,4-10H2,1-3H3. The molecule has 20 heavy (non-hydrogen) atoms. The van der Waals surface area contributed by atoms with E-state index in [1.54, 1.807) is 11.3 Å². The van der Waals surface area contributed by atoms with Gasteiger partial charge in [-0.1, -0.05) is 6.92 Å². The van der Waals surface area contributed by atoms with Crippen molar-refractivity contribution in [3.8, 4) is 0 Å². The van der Waals surface area contributed by atoms with Crippen molar-refractivity contribution in [3.63, 3.8) is 0 Å². The zero-order valence-corrected chi connectivity index (χ0v) is 13.7. The molecule has 2 rings (SSSR count). The number of ether oxygens (including phenoxy) is 1. The van der Waals surface area contributed by atoms with Gasteiger partial charge >= 0.3 is 0 Å². The normalized spacial score (nSPS) is 23.4. The molecule has 2 heterocycles. The summed E-state index contributed by atoms with van der Waals surface area (Å²) >= 11 is 1.75. The molecular weight excluding hydrogens is 270 g/mol. The van der Waals surface area contributed by atoms with Gasteiger partial charge in [0.1, 0.15) is 0 Å². The molecule has 0 spiro atoms. The number of nitrogens with one attached hydrogen (secondary N) is 1. The number of nitrogens with zero attached hydrogens (tertiary/aromatic N) is 2. The molecule has 0 amide bonds. The fourth-order valence-corrected chi connectivity index (χ4v) is 3.62. The highest BCUT2D eigenvalue weighted by Crippen LogP contribution is 2.19. The highest BCUT2D eigenvalue weighted by Gasteiger charge is 2.26. The second-order valence-electron chi connectivity index (χ2n) is 5.74. The summed E-state index contributed by atoms with van der Waals surface area (Å²) in [6, 6.07) is 0.605. The largest absolute Gasteiger partial charge is 0.381 e. The molecule has 2 atom stereocenters. The predicted molar refractivity (Wildman–Crippen MR) is 84.2 cm³/mol. The minimum absolute atomic E-state index is 0.591. The molecule has 1 aromatic rings. The van der Waals surface area contributed by atoms with Crippen molar-refractivity contribution >= 4 is 11.3 Å². The number of rotatable bonds is 7. The first-order chi connectivity index (χ1) is 9.70. The van der Waals surface area contributed by atoms with Crippen molar-refractivity contribution in [2.24, 2.45) is 5.92 Å². The molecule has 0 aliphatic carbocycles. The summed E-state index contributed by atoms with van der Waals surface area (Å²) in [5.74, 6) is 0.591. The molecular formula is C15H27N3OS. The van der Waals surface area contributed by atoms with Gasteiger partial charge < -0.3 is 15.0 Å². The molecule has 1 saturated heterocycles. The van der Waals surface area contributed by atoms with Gasteiger partial charge in [-0.25, -0.2) is 4.98 Å². The van der Waals surface area contributed by atoms with E-state index in [1.165, 1.54) is 17.0 Å². The maximum atomic E-state index is 5.68. The Morgan fingerprint density at radius 2 is 2.40 bits per heavy atom. The summed E-state index contributed by atoms with van der Waals surface area (Å²) < 4.78 is 5.68. The van der Waals surface area contributed by atoms with Crippen molar-refractivity contribution in [2.75, 3.05) is 33.4 Å². The van der Waals surface area contributed by atoms with Gasteiger partial charge in [0.05, 0.1) is 17.8 Å². The minimum Gasteiger partial charge on any atom is -0.381 e. The molecule has 0 bridgehead atoms. The van der Waals surface area contributed by atoms with Crippen LogP contribution in [0.1, 0.15) is 30.3 Å². The van der Waals surface area contributed by atoms with Crippen LogP contribution in [-0.2, 0) is 11.3 Å². The van der Waals surface area contributed by atoms with Crippen LogP contribution in [0.5, 0.6) is 0 Å². The van der Waals surface area contributed by atoms with Crippen LogP contribution in [0.3, 0.4) is 0 Å². The SMILES string of the molecule is CCCNC1CCOCC1CN(C)Cc1scnc1C. The van der Waals surface area contributed by atoms with Crippen molar-refractivity contribution < 1.29 is 4.74 Å². The van der Waals surface area contributed by atoms with E-state index in [1.807, 2.05) is 5.51 Å². The van der Waals surface area contributed by atoms with Crippen LogP contribution in [0.2, 0.25) is 0 Å². The van der Waals surface area contributed by atoms with Crippen LogP contribution in [0.4, 0.5) is 0 Å². The van der Waals surface area contributed by atoms with E-state index in [2.05, 4.69) is 36.1 Å². The zero-order valence-electron chi connectivity index (χ0n) is 12.9. The van der Waals surface area contributed by atoms with Gasteiger partial charge in [-0.2, -0.15) is 0 Å². The average Bonchev–Trinajstić information content (AvgIpc) is 2.83. The van der Waals surface area contributed by atoms with Crippen LogP contribution in [-0.4, -0.2) is 49.3 Å². The molecule has 1 fully saturated rings. The Kier molecular flexibility index (Phi) is 6.42. The molecule has 0 saturated carbocycles. The van der Waals surface area contributed by atoms with E-state index in [0.29, 0.717) is 12.0 Å². The third-order valence-electron chi connectivity index (χ3n) is 3.94.